The molecule has 1 rings (SSSR count). The van der Waals surface area contributed by atoms with Crippen LogP contribution in [0.3, 0.4) is 0 Å². The fourth-order valence-electron chi connectivity index (χ4n) is 1.16. The van der Waals surface area contributed by atoms with Crippen molar-refractivity contribution >= 4 is 27.7 Å². The number of hydrogen-bond donors (Lipinski definition) is 2. The first-order chi connectivity index (χ1) is 7.45. The van der Waals surface area contributed by atoms with Crippen molar-refractivity contribution < 1.29 is 4.79 Å². The van der Waals surface area contributed by atoms with Gasteiger partial charge in [-0.25, -0.2) is 9.97 Å². The van der Waals surface area contributed by atoms with E-state index < -0.39 is 5.41 Å². The van der Waals surface area contributed by atoms with Gasteiger partial charge in [0.1, 0.15) is 16.7 Å². The van der Waals surface area contributed by atoms with Crippen LogP contribution in [0.1, 0.15) is 13.8 Å². The number of halogens is 1. The highest BCUT2D eigenvalue weighted by Gasteiger charge is 2.26. The second-order valence-corrected chi connectivity index (χ2v) is 4.86. The van der Waals surface area contributed by atoms with Crippen molar-refractivity contribution in [3.05, 3.63) is 17.0 Å². The van der Waals surface area contributed by atoms with Gasteiger partial charge in [-0.2, -0.15) is 0 Å². The Balaban J connectivity index is 2.61. The van der Waals surface area contributed by atoms with Crippen LogP contribution in [0.4, 0.5) is 5.82 Å². The van der Waals surface area contributed by atoms with E-state index in [0.29, 0.717) is 17.0 Å². The number of carbonyl (C=O) groups is 1. The summed E-state index contributed by atoms with van der Waals surface area (Å²) in [5, 5.41) is 5.73. The fourth-order valence-corrected chi connectivity index (χ4v) is 1.47. The minimum absolute atomic E-state index is 0.00637. The Kier molecular flexibility index (Phi) is 4.23. The molecule has 0 spiro atoms. The van der Waals surface area contributed by atoms with Crippen molar-refractivity contribution in [2.45, 2.75) is 13.8 Å². The van der Waals surface area contributed by atoms with E-state index in [4.69, 9.17) is 0 Å². The third kappa shape index (κ3) is 3.44. The number of anilines is 1. The molecule has 0 radical (unpaired) electrons. The van der Waals surface area contributed by atoms with E-state index in [1.54, 1.807) is 13.1 Å². The number of aromatic nitrogens is 2. The molecule has 0 aliphatic carbocycles. The van der Waals surface area contributed by atoms with Crippen LogP contribution in [0.25, 0.3) is 0 Å². The number of rotatable bonds is 4. The summed E-state index contributed by atoms with van der Waals surface area (Å²) in [6.45, 7) is 4.25. The molecule has 0 atom stereocenters. The Morgan fingerprint density at radius 1 is 1.50 bits per heavy atom. The molecule has 1 amide bonds. The van der Waals surface area contributed by atoms with Crippen molar-refractivity contribution in [1.29, 1.82) is 0 Å². The number of carbonyl (C=O) groups excluding carboxylic acids is 1. The SMILES string of the molecule is CNC(=O)C(C)(C)CNc1cc(Br)ncn1. The van der Waals surface area contributed by atoms with Crippen LogP contribution in [0.15, 0.2) is 17.0 Å². The largest absolute Gasteiger partial charge is 0.369 e. The normalized spacial score (nSPS) is 11.0. The molecule has 5 nitrogen and oxygen atoms in total. The molecule has 88 valence electrons. The van der Waals surface area contributed by atoms with Gasteiger partial charge in [0.2, 0.25) is 5.91 Å². The van der Waals surface area contributed by atoms with E-state index in [-0.39, 0.29) is 5.91 Å². The highest BCUT2D eigenvalue weighted by Crippen LogP contribution is 2.17. The summed E-state index contributed by atoms with van der Waals surface area (Å²) < 4.78 is 0.711. The summed E-state index contributed by atoms with van der Waals surface area (Å²) >= 11 is 3.25. The van der Waals surface area contributed by atoms with Gasteiger partial charge in [0.25, 0.3) is 0 Å². The van der Waals surface area contributed by atoms with Gasteiger partial charge in [-0.3, -0.25) is 4.79 Å². The molecule has 1 aromatic rings. The smallest absolute Gasteiger partial charge is 0.227 e. The van der Waals surface area contributed by atoms with E-state index in [9.17, 15) is 4.79 Å². The first-order valence-corrected chi connectivity index (χ1v) is 5.68. The summed E-state index contributed by atoms with van der Waals surface area (Å²) in [7, 11) is 1.63. The lowest BCUT2D eigenvalue weighted by Crippen LogP contribution is -2.39. The van der Waals surface area contributed by atoms with E-state index in [1.165, 1.54) is 6.33 Å². The van der Waals surface area contributed by atoms with Gasteiger partial charge in [0.15, 0.2) is 0 Å². The molecule has 0 unspecified atom stereocenters. The molecule has 1 aromatic heterocycles. The van der Waals surface area contributed by atoms with E-state index in [0.717, 1.165) is 0 Å². The first kappa shape index (κ1) is 12.9. The van der Waals surface area contributed by atoms with Gasteiger partial charge in [0.05, 0.1) is 5.41 Å². The third-order valence-electron chi connectivity index (χ3n) is 2.19. The average Bonchev–Trinajstić information content (AvgIpc) is 2.25. The molecular weight excluding hydrogens is 272 g/mol. The van der Waals surface area contributed by atoms with Gasteiger partial charge in [-0.15, -0.1) is 0 Å². The van der Waals surface area contributed by atoms with Crippen LogP contribution in [-0.2, 0) is 4.79 Å². The molecule has 0 saturated heterocycles. The van der Waals surface area contributed by atoms with Gasteiger partial charge in [-0.05, 0) is 29.8 Å². The Morgan fingerprint density at radius 3 is 2.75 bits per heavy atom. The van der Waals surface area contributed by atoms with Crippen LogP contribution in [-0.4, -0.2) is 29.5 Å². The molecule has 0 bridgehead atoms. The van der Waals surface area contributed by atoms with Crippen molar-refractivity contribution in [2.24, 2.45) is 5.41 Å². The van der Waals surface area contributed by atoms with Crippen molar-refractivity contribution in [1.82, 2.24) is 15.3 Å². The first-order valence-electron chi connectivity index (χ1n) is 4.89. The molecule has 2 N–H and O–H groups in total. The molecule has 0 aliphatic rings. The molecule has 6 heteroatoms. The van der Waals surface area contributed by atoms with Crippen molar-refractivity contribution in [2.75, 3.05) is 18.9 Å². The quantitative estimate of drug-likeness (QED) is 0.822. The zero-order valence-corrected chi connectivity index (χ0v) is 11.1. The molecule has 0 saturated carbocycles. The Morgan fingerprint density at radius 2 is 2.19 bits per heavy atom. The number of amides is 1. The predicted octanol–water partition coefficient (Wildman–Crippen LogP) is 1.42. The maximum absolute atomic E-state index is 11.5. The Labute approximate surface area is 103 Å². The summed E-state index contributed by atoms with van der Waals surface area (Å²) in [4.78, 5) is 19.5. The highest BCUT2D eigenvalue weighted by molar-refractivity contribution is 9.10. The third-order valence-corrected chi connectivity index (χ3v) is 2.62. The van der Waals surface area contributed by atoms with Gasteiger partial charge in [0, 0.05) is 19.7 Å². The Bertz CT molecular complexity index is 381. The second-order valence-electron chi connectivity index (χ2n) is 4.04. The van der Waals surface area contributed by atoms with E-state index in [1.807, 2.05) is 13.8 Å². The van der Waals surface area contributed by atoms with Crippen molar-refractivity contribution in [3.8, 4) is 0 Å². The van der Waals surface area contributed by atoms with Crippen LogP contribution in [0, 0.1) is 5.41 Å². The van der Waals surface area contributed by atoms with Crippen LogP contribution >= 0.6 is 15.9 Å². The molecule has 0 fully saturated rings. The summed E-state index contributed by atoms with van der Waals surface area (Å²) in [6, 6.07) is 1.76. The average molecular weight is 287 g/mol. The lowest BCUT2D eigenvalue weighted by molar-refractivity contribution is -0.128. The lowest BCUT2D eigenvalue weighted by Gasteiger charge is -2.23. The molecule has 16 heavy (non-hydrogen) atoms. The molecule has 0 aromatic carbocycles. The van der Waals surface area contributed by atoms with Gasteiger partial charge >= 0.3 is 0 Å². The van der Waals surface area contributed by atoms with E-state index in [2.05, 4.69) is 36.5 Å². The summed E-state index contributed by atoms with van der Waals surface area (Å²) in [6.07, 6.45) is 1.46. The van der Waals surface area contributed by atoms with Gasteiger partial charge in [-0.1, -0.05) is 0 Å². The van der Waals surface area contributed by atoms with Crippen LogP contribution in [0.2, 0.25) is 0 Å². The zero-order valence-electron chi connectivity index (χ0n) is 9.54. The second kappa shape index (κ2) is 5.25. The zero-order chi connectivity index (χ0) is 12.2. The minimum atomic E-state index is -0.480. The number of nitrogens with zero attached hydrogens (tertiary/aromatic N) is 2. The fraction of sp³-hybridized carbons (Fsp3) is 0.500. The molecular formula is C10H15BrN4O. The topological polar surface area (TPSA) is 66.9 Å². The highest BCUT2D eigenvalue weighted by atomic mass is 79.9. The van der Waals surface area contributed by atoms with Crippen LogP contribution < -0.4 is 10.6 Å². The molecule has 1 heterocycles. The monoisotopic (exact) mass is 286 g/mol. The number of hydrogen-bond acceptors (Lipinski definition) is 4. The maximum Gasteiger partial charge on any atom is 0.227 e. The Hall–Kier alpha value is -1.17. The summed E-state index contributed by atoms with van der Waals surface area (Å²) in [5.74, 6) is 0.687. The maximum atomic E-state index is 11.5. The number of nitrogens with one attached hydrogen (secondary N) is 2. The standard InChI is InChI=1S/C10H15BrN4O/c1-10(2,9(16)12-3)5-13-8-4-7(11)14-6-15-8/h4,6H,5H2,1-3H3,(H,12,16)(H,13,14,15). The van der Waals surface area contributed by atoms with Crippen molar-refractivity contribution in [3.63, 3.8) is 0 Å². The lowest BCUT2D eigenvalue weighted by atomic mass is 9.92. The molecule has 0 aliphatic heterocycles. The summed E-state index contributed by atoms with van der Waals surface area (Å²) in [5.41, 5.74) is -0.480. The van der Waals surface area contributed by atoms with Gasteiger partial charge < -0.3 is 10.6 Å². The predicted molar refractivity (Wildman–Crippen MR) is 66.1 cm³/mol. The van der Waals surface area contributed by atoms with Crippen LogP contribution in [0.5, 0.6) is 0 Å². The minimum Gasteiger partial charge on any atom is -0.369 e. The van der Waals surface area contributed by atoms with E-state index >= 15 is 0 Å².